The molecule has 0 atom stereocenters. The highest BCUT2D eigenvalue weighted by molar-refractivity contribution is 14.0. The van der Waals surface area contributed by atoms with E-state index in [4.69, 9.17) is 4.74 Å². The Bertz CT molecular complexity index is 653. The van der Waals surface area contributed by atoms with Gasteiger partial charge in [-0.2, -0.15) is 5.10 Å². The van der Waals surface area contributed by atoms with Crippen LogP contribution in [0.1, 0.15) is 50.6 Å². The van der Waals surface area contributed by atoms with Crippen LogP contribution in [0.4, 0.5) is 4.79 Å². The SMILES string of the molecule is CCOC(=O)N1CCC(NC(=NC)NCc2c(CC)nn(C)c2CC)CC1.I. The fraction of sp³-hybridized carbons (Fsp3) is 0.737. The number of rotatable bonds is 6. The molecule has 0 bridgehead atoms. The van der Waals surface area contributed by atoms with Crippen LogP contribution >= 0.6 is 24.0 Å². The number of aryl methyl sites for hydroxylation is 2. The number of piperidine rings is 1. The fourth-order valence-corrected chi connectivity index (χ4v) is 3.58. The van der Waals surface area contributed by atoms with Crippen LogP contribution in [-0.2, 0) is 31.2 Å². The van der Waals surface area contributed by atoms with Gasteiger partial charge in [0.05, 0.1) is 12.3 Å². The van der Waals surface area contributed by atoms with Gasteiger partial charge in [0.25, 0.3) is 0 Å². The van der Waals surface area contributed by atoms with Crippen molar-refractivity contribution in [3.63, 3.8) is 0 Å². The zero-order chi connectivity index (χ0) is 19.8. The van der Waals surface area contributed by atoms with Gasteiger partial charge < -0.3 is 20.3 Å². The molecule has 0 aromatic carbocycles. The second-order valence-corrected chi connectivity index (χ2v) is 6.73. The van der Waals surface area contributed by atoms with Crippen LogP contribution in [0.25, 0.3) is 0 Å². The molecule has 2 rings (SSSR count). The Hall–Kier alpha value is -1.52. The molecule has 1 aromatic heterocycles. The maximum atomic E-state index is 11.8. The summed E-state index contributed by atoms with van der Waals surface area (Å²) >= 11 is 0. The molecule has 0 saturated carbocycles. The van der Waals surface area contributed by atoms with E-state index in [1.54, 1.807) is 11.9 Å². The van der Waals surface area contributed by atoms with Crippen LogP contribution in [0.5, 0.6) is 0 Å². The maximum Gasteiger partial charge on any atom is 0.409 e. The molecule has 0 aliphatic carbocycles. The molecule has 1 aromatic rings. The van der Waals surface area contributed by atoms with Gasteiger partial charge in [0, 0.05) is 51.0 Å². The third-order valence-corrected chi connectivity index (χ3v) is 5.05. The molecule has 0 spiro atoms. The van der Waals surface area contributed by atoms with Crippen molar-refractivity contribution < 1.29 is 9.53 Å². The van der Waals surface area contributed by atoms with Crippen molar-refractivity contribution in [1.29, 1.82) is 0 Å². The molecule has 9 heteroatoms. The summed E-state index contributed by atoms with van der Waals surface area (Å²) in [5.74, 6) is 0.789. The molecule has 1 fully saturated rings. The van der Waals surface area contributed by atoms with Crippen LogP contribution in [0, 0.1) is 0 Å². The van der Waals surface area contributed by atoms with Gasteiger partial charge in [-0.3, -0.25) is 9.67 Å². The first-order chi connectivity index (χ1) is 13.0. The number of amides is 1. The number of carbonyl (C=O) groups excluding carboxylic acids is 1. The summed E-state index contributed by atoms with van der Waals surface area (Å²) in [4.78, 5) is 17.9. The highest BCUT2D eigenvalue weighted by Crippen LogP contribution is 2.15. The van der Waals surface area contributed by atoms with Crippen molar-refractivity contribution in [2.24, 2.45) is 12.0 Å². The Morgan fingerprint density at radius 2 is 1.93 bits per heavy atom. The predicted octanol–water partition coefficient (Wildman–Crippen LogP) is 2.45. The summed E-state index contributed by atoms with van der Waals surface area (Å²) in [6.07, 6.45) is 3.43. The van der Waals surface area contributed by atoms with E-state index < -0.39 is 0 Å². The lowest BCUT2D eigenvalue weighted by molar-refractivity contribution is 0.0963. The summed E-state index contributed by atoms with van der Waals surface area (Å²) in [6, 6.07) is 0.298. The molecule has 1 amide bonds. The lowest BCUT2D eigenvalue weighted by atomic mass is 10.1. The molecule has 2 N–H and O–H groups in total. The van der Waals surface area contributed by atoms with Gasteiger partial charge in [0.1, 0.15) is 0 Å². The van der Waals surface area contributed by atoms with Gasteiger partial charge in [0.15, 0.2) is 5.96 Å². The van der Waals surface area contributed by atoms with Crippen LogP contribution in [-0.4, -0.2) is 59.5 Å². The molecule has 28 heavy (non-hydrogen) atoms. The number of likely N-dealkylation sites (tertiary alicyclic amines) is 1. The summed E-state index contributed by atoms with van der Waals surface area (Å²) in [7, 11) is 3.79. The number of halogens is 1. The molecule has 1 aliphatic rings. The zero-order valence-corrected chi connectivity index (χ0v) is 20.1. The Balaban J connectivity index is 0.00000392. The minimum absolute atomic E-state index is 0. The first-order valence-electron chi connectivity index (χ1n) is 9.96. The van der Waals surface area contributed by atoms with Crippen molar-refractivity contribution >= 4 is 36.0 Å². The maximum absolute atomic E-state index is 11.8. The summed E-state index contributed by atoms with van der Waals surface area (Å²) < 4.78 is 7.06. The van der Waals surface area contributed by atoms with Crippen LogP contribution in [0.2, 0.25) is 0 Å². The Morgan fingerprint density at radius 3 is 2.46 bits per heavy atom. The molecule has 0 unspecified atom stereocenters. The highest BCUT2D eigenvalue weighted by Gasteiger charge is 2.24. The van der Waals surface area contributed by atoms with E-state index in [1.165, 1.54) is 11.3 Å². The van der Waals surface area contributed by atoms with E-state index in [9.17, 15) is 4.79 Å². The van der Waals surface area contributed by atoms with Gasteiger partial charge in [0.2, 0.25) is 0 Å². The number of hydrogen-bond acceptors (Lipinski definition) is 4. The van der Waals surface area contributed by atoms with Crippen molar-refractivity contribution in [2.45, 2.75) is 59.0 Å². The Morgan fingerprint density at radius 1 is 1.25 bits per heavy atom. The number of nitrogens with zero attached hydrogens (tertiary/aromatic N) is 4. The van der Waals surface area contributed by atoms with Gasteiger partial charge in [-0.25, -0.2) is 4.79 Å². The van der Waals surface area contributed by atoms with Gasteiger partial charge in [-0.1, -0.05) is 13.8 Å². The second kappa shape index (κ2) is 12.1. The van der Waals surface area contributed by atoms with E-state index in [1.807, 2.05) is 18.7 Å². The molecular formula is C19H35IN6O2. The third kappa shape index (κ3) is 6.25. The number of guanidine groups is 1. The van der Waals surface area contributed by atoms with Crippen LogP contribution in [0.15, 0.2) is 4.99 Å². The smallest absolute Gasteiger partial charge is 0.409 e. The normalized spacial score (nSPS) is 15.2. The number of hydrogen-bond donors (Lipinski definition) is 2. The molecule has 0 radical (unpaired) electrons. The van der Waals surface area contributed by atoms with Crippen molar-refractivity contribution in [1.82, 2.24) is 25.3 Å². The summed E-state index contributed by atoms with van der Waals surface area (Å²) in [5.41, 5.74) is 3.67. The van der Waals surface area contributed by atoms with Crippen LogP contribution in [0.3, 0.4) is 0 Å². The molecule has 8 nitrogen and oxygen atoms in total. The van der Waals surface area contributed by atoms with Crippen LogP contribution < -0.4 is 10.6 Å². The minimum Gasteiger partial charge on any atom is -0.450 e. The van der Waals surface area contributed by atoms with E-state index >= 15 is 0 Å². The minimum atomic E-state index is -0.214. The van der Waals surface area contributed by atoms with Gasteiger partial charge in [-0.05, 0) is 32.6 Å². The third-order valence-electron chi connectivity index (χ3n) is 5.05. The van der Waals surface area contributed by atoms with E-state index in [0.29, 0.717) is 32.3 Å². The number of carbonyl (C=O) groups is 1. The van der Waals surface area contributed by atoms with E-state index in [2.05, 4.69) is 34.6 Å². The molecule has 2 heterocycles. The Labute approximate surface area is 185 Å². The Kier molecular flexibility index (Phi) is 10.6. The summed E-state index contributed by atoms with van der Waals surface area (Å²) in [5, 5.41) is 11.5. The number of aromatic nitrogens is 2. The second-order valence-electron chi connectivity index (χ2n) is 6.73. The lowest BCUT2D eigenvalue weighted by Crippen LogP contribution is -2.49. The zero-order valence-electron chi connectivity index (χ0n) is 17.7. The van der Waals surface area contributed by atoms with Crippen molar-refractivity contribution in [3.05, 3.63) is 17.0 Å². The fourth-order valence-electron chi connectivity index (χ4n) is 3.58. The van der Waals surface area contributed by atoms with Crippen molar-refractivity contribution in [3.8, 4) is 0 Å². The topological polar surface area (TPSA) is 83.8 Å². The van der Waals surface area contributed by atoms with E-state index in [0.717, 1.165) is 37.3 Å². The highest BCUT2D eigenvalue weighted by atomic mass is 127. The lowest BCUT2D eigenvalue weighted by Gasteiger charge is -2.32. The van der Waals surface area contributed by atoms with Crippen molar-refractivity contribution in [2.75, 3.05) is 26.7 Å². The number of ether oxygens (including phenoxy) is 1. The standard InChI is InChI=1S/C19H34N6O2.HI/c1-6-16-15(17(7-2)24(5)23-16)13-21-18(20-4)22-14-9-11-25(12-10-14)19(26)27-8-3;/h14H,6-13H2,1-5H3,(H2,20,21,22);1H. The first-order valence-corrected chi connectivity index (χ1v) is 9.96. The number of aliphatic imine (C=N–C) groups is 1. The first kappa shape index (κ1) is 24.5. The average Bonchev–Trinajstić information content (AvgIpc) is 3.00. The quantitative estimate of drug-likeness (QED) is 0.352. The predicted molar refractivity (Wildman–Crippen MR) is 122 cm³/mol. The van der Waals surface area contributed by atoms with Gasteiger partial charge >= 0.3 is 6.09 Å². The average molecular weight is 506 g/mol. The monoisotopic (exact) mass is 506 g/mol. The molecular weight excluding hydrogens is 471 g/mol. The largest absolute Gasteiger partial charge is 0.450 e. The molecule has 1 saturated heterocycles. The van der Waals surface area contributed by atoms with Gasteiger partial charge in [-0.15, -0.1) is 24.0 Å². The summed E-state index contributed by atoms with van der Waals surface area (Å²) in [6.45, 7) is 8.66. The molecule has 160 valence electrons. The number of nitrogens with one attached hydrogen (secondary N) is 2. The van der Waals surface area contributed by atoms with E-state index in [-0.39, 0.29) is 30.1 Å². The molecule has 1 aliphatic heterocycles.